The lowest BCUT2D eigenvalue weighted by Gasteiger charge is -2.20. The molecule has 2 N–H and O–H groups in total. The van der Waals surface area contributed by atoms with Gasteiger partial charge in [0.2, 0.25) is 0 Å². The molecule has 1 aromatic rings. The number of carbonyl (C=O) groups excluding carboxylic acids is 2. The van der Waals surface area contributed by atoms with E-state index >= 15 is 0 Å². The molecule has 0 fully saturated rings. The number of nitrogens with one attached hydrogen (secondary N) is 1. The summed E-state index contributed by atoms with van der Waals surface area (Å²) in [5, 5.41) is 11.1. The Morgan fingerprint density at radius 2 is 1.90 bits per heavy atom. The average Bonchev–Trinajstić information content (AvgIpc) is 2.39. The number of hydrogen-bond acceptors (Lipinski definition) is 3. The molecule has 0 bridgehead atoms. The minimum absolute atomic E-state index is 0.315. The van der Waals surface area contributed by atoms with Gasteiger partial charge in [0, 0.05) is 12.2 Å². The fourth-order valence-corrected chi connectivity index (χ4v) is 1.53. The number of anilines is 1. The van der Waals surface area contributed by atoms with Crippen LogP contribution in [0.25, 0.3) is 0 Å². The van der Waals surface area contributed by atoms with E-state index in [2.05, 4.69) is 5.32 Å². The third-order valence-corrected chi connectivity index (χ3v) is 2.52. The Morgan fingerprint density at radius 1 is 1.30 bits per heavy atom. The van der Waals surface area contributed by atoms with Crippen molar-refractivity contribution in [3.05, 3.63) is 29.8 Å². The van der Waals surface area contributed by atoms with Crippen LogP contribution < -0.4 is 5.32 Å². The van der Waals surface area contributed by atoms with Crippen LogP contribution in [0.5, 0.6) is 0 Å². The van der Waals surface area contributed by atoms with Crippen LogP contribution in [-0.4, -0.2) is 47.9 Å². The Balaban J connectivity index is 2.68. The number of carbonyl (C=O) groups is 2. The van der Waals surface area contributed by atoms with E-state index in [4.69, 9.17) is 5.11 Å². The third-order valence-electron chi connectivity index (χ3n) is 2.52. The first-order chi connectivity index (χ1) is 9.43. The molecule has 1 aromatic carbocycles. The largest absolute Gasteiger partial charge is 0.395 e. The molecule has 0 unspecified atom stereocenters. The molecule has 7 heteroatoms. The number of hydrogen-bond donors (Lipinski definition) is 2. The predicted octanol–water partition coefficient (Wildman–Crippen LogP) is 1.02. The second-order valence-electron chi connectivity index (χ2n) is 4.19. The van der Waals surface area contributed by atoms with E-state index in [1.165, 1.54) is 0 Å². The summed E-state index contributed by atoms with van der Waals surface area (Å²) in [7, 11) is 0. The van der Waals surface area contributed by atoms with Gasteiger partial charge >= 0.3 is 11.8 Å². The van der Waals surface area contributed by atoms with E-state index in [0.29, 0.717) is 10.6 Å². The highest BCUT2D eigenvalue weighted by Gasteiger charge is 2.24. The van der Waals surface area contributed by atoms with Gasteiger partial charge in [-0.2, -0.15) is 0 Å². The molecule has 0 aliphatic rings. The van der Waals surface area contributed by atoms with E-state index < -0.39 is 31.4 Å². The zero-order valence-electron chi connectivity index (χ0n) is 11.0. The smallest absolute Gasteiger partial charge is 0.313 e. The maximum atomic E-state index is 12.3. The van der Waals surface area contributed by atoms with Gasteiger partial charge in [0.15, 0.2) is 0 Å². The zero-order chi connectivity index (χ0) is 15.1. The molecule has 5 nitrogen and oxygen atoms in total. The fraction of sp³-hybridized carbons (Fsp3) is 0.385. The van der Waals surface area contributed by atoms with Gasteiger partial charge in [-0.25, -0.2) is 8.78 Å². The van der Waals surface area contributed by atoms with Crippen molar-refractivity contribution in [1.82, 2.24) is 4.90 Å². The van der Waals surface area contributed by atoms with Crippen molar-refractivity contribution in [3.63, 3.8) is 0 Å². The molecule has 0 heterocycles. The molecule has 0 aliphatic carbocycles. The fourth-order valence-electron chi connectivity index (χ4n) is 1.53. The van der Waals surface area contributed by atoms with Crippen molar-refractivity contribution >= 4 is 17.5 Å². The van der Waals surface area contributed by atoms with Crippen LogP contribution in [0.4, 0.5) is 14.5 Å². The second-order valence-corrected chi connectivity index (χ2v) is 4.19. The van der Waals surface area contributed by atoms with Crippen LogP contribution in [0, 0.1) is 6.92 Å². The monoisotopic (exact) mass is 286 g/mol. The van der Waals surface area contributed by atoms with E-state index in [1.807, 2.05) is 6.92 Å². The number of aryl methyl sites for hydroxylation is 1. The van der Waals surface area contributed by atoms with Gasteiger partial charge in [-0.3, -0.25) is 9.59 Å². The molecule has 20 heavy (non-hydrogen) atoms. The Kier molecular flexibility index (Phi) is 6.05. The maximum Gasteiger partial charge on any atom is 0.313 e. The topological polar surface area (TPSA) is 69.6 Å². The van der Waals surface area contributed by atoms with Gasteiger partial charge in [-0.1, -0.05) is 17.7 Å². The summed E-state index contributed by atoms with van der Waals surface area (Å²) >= 11 is 0. The molecule has 0 saturated heterocycles. The van der Waals surface area contributed by atoms with Gasteiger partial charge in [0.05, 0.1) is 13.2 Å². The van der Waals surface area contributed by atoms with E-state index in [1.54, 1.807) is 24.3 Å². The summed E-state index contributed by atoms with van der Waals surface area (Å²) < 4.78 is 24.6. The van der Waals surface area contributed by atoms with Crippen LogP contribution in [-0.2, 0) is 9.59 Å². The van der Waals surface area contributed by atoms with E-state index in [9.17, 15) is 18.4 Å². The minimum Gasteiger partial charge on any atom is -0.395 e. The molecule has 0 aliphatic heterocycles. The Hall–Kier alpha value is -2.02. The first-order valence-electron chi connectivity index (χ1n) is 6.00. The molecule has 0 spiro atoms. The highest BCUT2D eigenvalue weighted by molar-refractivity contribution is 6.39. The molecular weight excluding hydrogens is 270 g/mol. The number of nitrogens with zero attached hydrogens (tertiary/aromatic N) is 1. The van der Waals surface area contributed by atoms with Gasteiger partial charge in [0.25, 0.3) is 6.43 Å². The number of amides is 2. The predicted molar refractivity (Wildman–Crippen MR) is 69.5 cm³/mol. The molecule has 0 radical (unpaired) electrons. The lowest BCUT2D eigenvalue weighted by molar-refractivity contribution is -0.144. The lowest BCUT2D eigenvalue weighted by atomic mass is 10.2. The first-order valence-corrected chi connectivity index (χ1v) is 6.00. The number of aliphatic hydroxyl groups excluding tert-OH is 1. The third kappa shape index (κ3) is 4.93. The van der Waals surface area contributed by atoms with E-state index in [0.717, 1.165) is 5.56 Å². The molecule has 2 amide bonds. The average molecular weight is 286 g/mol. The van der Waals surface area contributed by atoms with Crippen molar-refractivity contribution in [2.24, 2.45) is 0 Å². The number of benzene rings is 1. The van der Waals surface area contributed by atoms with Gasteiger partial charge in [-0.05, 0) is 19.1 Å². The lowest BCUT2D eigenvalue weighted by Crippen LogP contribution is -2.43. The van der Waals surface area contributed by atoms with Crippen LogP contribution in [0.1, 0.15) is 5.56 Å². The van der Waals surface area contributed by atoms with Crippen LogP contribution in [0.2, 0.25) is 0 Å². The van der Waals surface area contributed by atoms with Crippen LogP contribution >= 0.6 is 0 Å². The van der Waals surface area contributed by atoms with Crippen molar-refractivity contribution in [1.29, 1.82) is 0 Å². The maximum absolute atomic E-state index is 12.3. The van der Waals surface area contributed by atoms with Crippen molar-refractivity contribution in [2.75, 3.05) is 25.0 Å². The Bertz CT molecular complexity index is 463. The number of halogens is 2. The van der Waals surface area contributed by atoms with Gasteiger partial charge < -0.3 is 15.3 Å². The Morgan fingerprint density at radius 3 is 2.40 bits per heavy atom. The number of rotatable bonds is 5. The first kappa shape index (κ1) is 16.0. The molecule has 1 rings (SSSR count). The van der Waals surface area contributed by atoms with Crippen LogP contribution in [0.15, 0.2) is 24.3 Å². The summed E-state index contributed by atoms with van der Waals surface area (Å²) in [5.74, 6) is -2.11. The van der Waals surface area contributed by atoms with Gasteiger partial charge in [0.1, 0.15) is 0 Å². The standard InChI is InChI=1S/C13H16F2N2O3/c1-9-2-4-10(5-3-9)16-12(19)13(20)17(6-7-18)8-11(14)15/h2-5,11,18H,6-8H2,1H3,(H,16,19). The van der Waals surface area contributed by atoms with Crippen molar-refractivity contribution in [2.45, 2.75) is 13.3 Å². The highest BCUT2D eigenvalue weighted by atomic mass is 19.3. The SMILES string of the molecule is Cc1ccc(NC(=O)C(=O)N(CCO)CC(F)F)cc1. The Labute approximate surface area is 115 Å². The number of aliphatic hydroxyl groups is 1. The van der Waals surface area contributed by atoms with Crippen LogP contribution in [0.3, 0.4) is 0 Å². The zero-order valence-corrected chi connectivity index (χ0v) is 11.0. The quantitative estimate of drug-likeness (QED) is 0.794. The van der Waals surface area contributed by atoms with Gasteiger partial charge in [-0.15, -0.1) is 0 Å². The minimum atomic E-state index is -2.77. The highest BCUT2D eigenvalue weighted by Crippen LogP contribution is 2.09. The summed E-state index contributed by atoms with van der Waals surface area (Å²) in [6.07, 6.45) is -2.77. The number of alkyl halides is 2. The summed E-state index contributed by atoms with van der Waals surface area (Å²) in [6.45, 7) is 0.170. The van der Waals surface area contributed by atoms with Crippen molar-refractivity contribution in [3.8, 4) is 0 Å². The molecule has 110 valence electrons. The molecule has 0 atom stereocenters. The summed E-state index contributed by atoms with van der Waals surface area (Å²) in [6, 6.07) is 6.68. The molecule has 0 saturated carbocycles. The molecular formula is C13H16F2N2O3. The van der Waals surface area contributed by atoms with E-state index in [-0.39, 0.29) is 6.54 Å². The molecule has 0 aromatic heterocycles. The summed E-state index contributed by atoms with van der Waals surface area (Å²) in [4.78, 5) is 24.0. The second kappa shape index (κ2) is 7.54. The summed E-state index contributed by atoms with van der Waals surface area (Å²) in [5.41, 5.74) is 1.38. The normalized spacial score (nSPS) is 10.4. The van der Waals surface area contributed by atoms with Crippen molar-refractivity contribution < 1.29 is 23.5 Å².